The average Bonchev–Trinajstić information content (AvgIpc) is 2.64. The molecule has 3 rings (SSSR count). The number of carbonyl (C=O) groups is 1. The van der Waals surface area contributed by atoms with Crippen molar-refractivity contribution in [2.75, 3.05) is 13.1 Å². The van der Waals surface area contributed by atoms with Gasteiger partial charge in [-0.2, -0.15) is 0 Å². The van der Waals surface area contributed by atoms with Crippen LogP contribution in [-0.2, 0) is 23.4 Å². The fraction of sp³-hybridized carbons (Fsp3) is 0.381. The van der Waals surface area contributed by atoms with Crippen molar-refractivity contribution >= 4 is 5.91 Å². The number of hydrogen-bond donors (Lipinski definition) is 2. The summed E-state index contributed by atoms with van der Waals surface area (Å²) in [4.78, 5) is 14.3. The van der Waals surface area contributed by atoms with Gasteiger partial charge in [0.25, 0.3) is 0 Å². The van der Waals surface area contributed by atoms with E-state index in [0.717, 1.165) is 38.0 Å². The average molecular weight is 337 g/mol. The Morgan fingerprint density at radius 1 is 1.04 bits per heavy atom. The Bertz CT molecular complexity index is 689. The van der Waals surface area contributed by atoms with Crippen LogP contribution in [0.2, 0.25) is 0 Å². The lowest BCUT2D eigenvalue weighted by Crippen LogP contribution is -2.52. The van der Waals surface area contributed by atoms with Crippen LogP contribution in [0.25, 0.3) is 0 Å². The number of nitrogens with two attached hydrogens (primary N) is 1. The summed E-state index contributed by atoms with van der Waals surface area (Å²) >= 11 is 0. The van der Waals surface area contributed by atoms with Gasteiger partial charge in [0.05, 0.1) is 5.54 Å². The summed E-state index contributed by atoms with van der Waals surface area (Å²) in [6.07, 6.45) is 1.84. The van der Waals surface area contributed by atoms with Crippen LogP contribution in [-0.4, -0.2) is 23.9 Å². The van der Waals surface area contributed by atoms with Crippen LogP contribution in [0.4, 0.5) is 0 Å². The van der Waals surface area contributed by atoms with E-state index in [1.165, 1.54) is 11.1 Å². The Balaban J connectivity index is 1.73. The molecule has 4 heteroatoms. The SMILES string of the molecule is CC(=O)NC1(c2ccc(CN)cc2)CCN(Cc2ccccc2)CC1. The highest BCUT2D eigenvalue weighted by Gasteiger charge is 2.36. The van der Waals surface area contributed by atoms with Gasteiger partial charge in [-0.05, 0) is 29.5 Å². The van der Waals surface area contributed by atoms with E-state index in [1.807, 2.05) is 6.07 Å². The Kier molecular flexibility index (Phi) is 5.51. The van der Waals surface area contributed by atoms with Crippen molar-refractivity contribution in [3.05, 3.63) is 71.3 Å². The molecule has 0 saturated carbocycles. The van der Waals surface area contributed by atoms with Crippen molar-refractivity contribution in [1.82, 2.24) is 10.2 Å². The van der Waals surface area contributed by atoms with Crippen LogP contribution in [0.15, 0.2) is 54.6 Å². The summed E-state index contributed by atoms with van der Waals surface area (Å²) in [5.41, 5.74) is 9.06. The molecular weight excluding hydrogens is 310 g/mol. The molecule has 1 heterocycles. The molecule has 0 spiro atoms. The van der Waals surface area contributed by atoms with Crippen molar-refractivity contribution in [1.29, 1.82) is 0 Å². The van der Waals surface area contributed by atoms with Crippen LogP contribution in [0, 0.1) is 0 Å². The minimum absolute atomic E-state index is 0.0272. The zero-order valence-electron chi connectivity index (χ0n) is 14.9. The van der Waals surface area contributed by atoms with E-state index >= 15 is 0 Å². The first-order chi connectivity index (χ1) is 12.1. The van der Waals surface area contributed by atoms with Gasteiger partial charge in [0, 0.05) is 33.1 Å². The minimum atomic E-state index is -0.272. The number of nitrogens with zero attached hydrogens (tertiary/aromatic N) is 1. The molecule has 2 aromatic rings. The van der Waals surface area contributed by atoms with Crippen LogP contribution >= 0.6 is 0 Å². The lowest BCUT2D eigenvalue weighted by Gasteiger charge is -2.42. The third-order valence-corrected chi connectivity index (χ3v) is 5.12. The van der Waals surface area contributed by atoms with Crippen molar-refractivity contribution in [3.8, 4) is 0 Å². The molecule has 0 unspecified atom stereocenters. The maximum atomic E-state index is 11.8. The van der Waals surface area contributed by atoms with E-state index in [9.17, 15) is 4.79 Å². The maximum absolute atomic E-state index is 11.8. The first-order valence-electron chi connectivity index (χ1n) is 8.96. The molecule has 1 amide bonds. The molecular formula is C21H27N3O. The fourth-order valence-electron chi connectivity index (χ4n) is 3.72. The predicted octanol–water partition coefficient (Wildman–Crippen LogP) is 2.77. The molecule has 2 aromatic carbocycles. The summed E-state index contributed by atoms with van der Waals surface area (Å²) in [5, 5.41) is 3.24. The Labute approximate surface area is 150 Å². The molecule has 1 fully saturated rings. The monoisotopic (exact) mass is 337 g/mol. The van der Waals surface area contributed by atoms with Crippen LogP contribution in [0.3, 0.4) is 0 Å². The predicted molar refractivity (Wildman–Crippen MR) is 101 cm³/mol. The lowest BCUT2D eigenvalue weighted by atomic mass is 9.80. The summed E-state index contributed by atoms with van der Waals surface area (Å²) in [7, 11) is 0. The number of likely N-dealkylation sites (tertiary alicyclic amines) is 1. The van der Waals surface area contributed by atoms with Gasteiger partial charge in [-0.1, -0.05) is 54.6 Å². The van der Waals surface area contributed by atoms with Gasteiger partial charge in [-0.3, -0.25) is 9.69 Å². The van der Waals surface area contributed by atoms with E-state index in [4.69, 9.17) is 5.73 Å². The zero-order valence-corrected chi connectivity index (χ0v) is 14.9. The molecule has 25 heavy (non-hydrogen) atoms. The van der Waals surface area contributed by atoms with E-state index in [2.05, 4.69) is 58.7 Å². The molecule has 0 radical (unpaired) electrons. The molecule has 0 aliphatic carbocycles. The maximum Gasteiger partial charge on any atom is 0.217 e. The smallest absolute Gasteiger partial charge is 0.217 e. The molecule has 0 bridgehead atoms. The van der Waals surface area contributed by atoms with Crippen molar-refractivity contribution in [2.24, 2.45) is 5.73 Å². The third-order valence-electron chi connectivity index (χ3n) is 5.12. The number of piperidine rings is 1. The van der Waals surface area contributed by atoms with Gasteiger partial charge in [-0.15, -0.1) is 0 Å². The summed E-state index contributed by atoms with van der Waals surface area (Å²) < 4.78 is 0. The Hall–Kier alpha value is -2.17. The molecule has 1 aliphatic heterocycles. The van der Waals surface area contributed by atoms with E-state index in [1.54, 1.807) is 6.92 Å². The molecule has 3 N–H and O–H groups in total. The topological polar surface area (TPSA) is 58.4 Å². The van der Waals surface area contributed by atoms with Gasteiger partial charge in [0.1, 0.15) is 0 Å². The van der Waals surface area contributed by atoms with Gasteiger partial charge in [0.2, 0.25) is 5.91 Å². The van der Waals surface area contributed by atoms with E-state index in [-0.39, 0.29) is 11.4 Å². The summed E-state index contributed by atoms with van der Waals surface area (Å²) in [5.74, 6) is 0.0272. The molecule has 1 saturated heterocycles. The minimum Gasteiger partial charge on any atom is -0.347 e. The number of amides is 1. The quantitative estimate of drug-likeness (QED) is 0.882. The zero-order chi connectivity index (χ0) is 17.7. The fourth-order valence-corrected chi connectivity index (χ4v) is 3.72. The molecule has 1 aliphatic rings. The standard InChI is InChI=1S/C21H27N3O/c1-17(25)23-21(20-9-7-18(15-22)8-10-20)11-13-24(14-12-21)16-19-5-3-2-4-6-19/h2-10H,11-16,22H2,1H3,(H,23,25). The third kappa shape index (κ3) is 4.27. The highest BCUT2D eigenvalue weighted by Crippen LogP contribution is 2.33. The van der Waals surface area contributed by atoms with Gasteiger partial charge in [-0.25, -0.2) is 0 Å². The van der Waals surface area contributed by atoms with E-state index < -0.39 is 0 Å². The van der Waals surface area contributed by atoms with Crippen molar-refractivity contribution in [2.45, 2.75) is 38.4 Å². The Morgan fingerprint density at radius 2 is 1.68 bits per heavy atom. The first kappa shape index (κ1) is 17.6. The number of hydrogen-bond acceptors (Lipinski definition) is 3. The number of benzene rings is 2. The van der Waals surface area contributed by atoms with Crippen LogP contribution in [0.1, 0.15) is 36.5 Å². The van der Waals surface area contributed by atoms with E-state index in [0.29, 0.717) is 6.54 Å². The van der Waals surface area contributed by atoms with Crippen molar-refractivity contribution in [3.63, 3.8) is 0 Å². The highest BCUT2D eigenvalue weighted by atomic mass is 16.1. The highest BCUT2D eigenvalue weighted by molar-refractivity contribution is 5.74. The van der Waals surface area contributed by atoms with Crippen LogP contribution < -0.4 is 11.1 Å². The van der Waals surface area contributed by atoms with Gasteiger partial charge in [0.15, 0.2) is 0 Å². The second-order valence-corrected chi connectivity index (χ2v) is 6.93. The van der Waals surface area contributed by atoms with Crippen molar-refractivity contribution < 1.29 is 4.79 Å². The summed E-state index contributed by atoms with van der Waals surface area (Å²) in [6, 6.07) is 18.9. The number of nitrogens with one attached hydrogen (secondary N) is 1. The van der Waals surface area contributed by atoms with Gasteiger partial charge < -0.3 is 11.1 Å². The van der Waals surface area contributed by atoms with Gasteiger partial charge >= 0.3 is 0 Å². The first-order valence-corrected chi connectivity index (χ1v) is 8.96. The second kappa shape index (κ2) is 7.81. The molecule has 132 valence electrons. The Morgan fingerprint density at radius 3 is 2.24 bits per heavy atom. The molecule has 4 nitrogen and oxygen atoms in total. The largest absolute Gasteiger partial charge is 0.347 e. The normalized spacial score (nSPS) is 17.2. The number of carbonyl (C=O) groups excluding carboxylic acids is 1. The lowest BCUT2D eigenvalue weighted by molar-refractivity contribution is -0.121. The second-order valence-electron chi connectivity index (χ2n) is 6.93. The summed E-state index contributed by atoms with van der Waals surface area (Å²) in [6.45, 7) is 5.04. The molecule has 0 atom stereocenters. The molecule has 0 aromatic heterocycles. The van der Waals surface area contributed by atoms with Crippen LogP contribution in [0.5, 0.6) is 0 Å². The number of rotatable bonds is 5.